The van der Waals surface area contributed by atoms with Crippen LogP contribution in [0.15, 0.2) is 47.0 Å². The van der Waals surface area contributed by atoms with Crippen molar-refractivity contribution in [2.24, 2.45) is 0 Å². The maximum absolute atomic E-state index is 13.0. The molecule has 0 aliphatic carbocycles. The van der Waals surface area contributed by atoms with Crippen LogP contribution in [0.4, 0.5) is 5.69 Å². The number of carbonyl (C=O) groups excluding carboxylic acids is 2. The third-order valence-electron chi connectivity index (χ3n) is 4.36. The van der Waals surface area contributed by atoms with E-state index in [9.17, 15) is 9.59 Å². The van der Waals surface area contributed by atoms with E-state index in [2.05, 4.69) is 10.5 Å². The van der Waals surface area contributed by atoms with E-state index in [0.717, 1.165) is 5.56 Å². The van der Waals surface area contributed by atoms with Gasteiger partial charge in [0.15, 0.2) is 0 Å². The molecule has 0 saturated carbocycles. The molecule has 0 radical (unpaired) electrons. The number of amides is 2. The monoisotopic (exact) mass is 397 g/mol. The van der Waals surface area contributed by atoms with Gasteiger partial charge in [0.05, 0.1) is 5.02 Å². The summed E-state index contributed by atoms with van der Waals surface area (Å²) in [6.45, 7) is 3.52. The number of carbonyl (C=O) groups is 2. The molecule has 0 aliphatic rings. The molecule has 0 unspecified atom stereocenters. The van der Waals surface area contributed by atoms with E-state index < -0.39 is 0 Å². The van der Waals surface area contributed by atoms with Gasteiger partial charge in [-0.2, -0.15) is 0 Å². The molecular formula is C21H20ClN3O3. The summed E-state index contributed by atoms with van der Waals surface area (Å²) in [5.74, 6) is -0.148. The average molecular weight is 398 g/mol. The van der Waals surface area contributed by atoms with Crippen molar-refractivity contribution >= 4 is 29.1 Å². The van der Waals surface area contributed by atoms with Gasteiger partial charge in [0.25, 0.3) is 11.8 Å². The molecule has 0 fully saturated rings. The Hall–Kier alpha value is -3.12. The zero-order chi connectivity index (χ0) is 20.4. The minimum atomic E-state index is -0.383. The number of rotatable bonds is 4. The Kier molecular flexibility index (Phi) is 5.51. The molecule has 0 bridgehead atoms. The Labute approximate surface area is 168 Å². The highest BCUT2D eigenvalue weighted by molar-refractivity contribution is 6.33. The maximum atomic E-state index is 13.0. The molecule has 0 atom stereocenters. The van der Waals surface area contributed by atoms with Crippen molar-refractivity contribution in [3.63, 3.8) is 0 Å². The van der Waals surface area contributed by atoms with Crippen LogP contribution in [0, 0.1) is 13.8 Å². The van der Waals surface area contributed by atoms with E-state index in [0.29, 0.717) is 38.9 Å². The Morgan fingerprint density at radius 1 is 1.11 bits per heavy atom. The molecular weight excluding hydrogens is 378 g/mol. The quantitative estimate of drug-likeness (QED) is 0.699. The van der Waals surface area contributed by atoms with Crippen molar-refractivity contribution in [2.75, 3.05) is 19.4 Å². The molecule has 0 aliphatic heterocycles. The van der Waals surface area contributed by atoms with Gasteiger partial charge in [-0.3, -0.25) is 9.59 Å². The summed E-state index contributed by atoms with van der Waals surface area (Å²) >= 11 is 6.26. The van der Waals surface area contributed by atoms with Crippen molar-refractivity contribution < 1.29 is 14.1 Å². The standard InChI is InChI=1S/C21H20ClN3O3/c1-12-9-10-14(21(27)25(3)4)11-17(12)23-20(26)18-13(2)28-24-19(18)15-7-5-6-8-16(15)22/h5-11H,1-4H3,(H,23,26). The van der Waals surface area contributed by atoms with Crippen molar-refractivity contribution in [3.05, 3.63) is 69.9 Å². The molecule has 1 aromatic heterocycles. The minimum Gasteiger partial charge on any atom is -0.360 e. The normalized spacial score (nSPS) is 10.6. The molecule has 1 heterocycles. The van der Waals surface area contributed by atoms with Crippen LogP contribution in [-0.2, 0) is 0 Å². The molecule has 7 heteroatoms. The van der Waals surface area contributed by atoms with Gasteiger partial charge in [-0.25, -0.2) is 0 Å². The highest BCUT2D eigenvalue weighted by Gasteiger charge is 2.23. The number of hydrogen-bond donors (Lipinski definition) is 1. The van der Waals surface area contributed by atoms with Gasteiger partial charge < -0.3 is 14.7 Å². The third kappa shape index (κ3) is 3.77. The van der Waals surface area contributed by atoms with Gasteiger partial charge >= 0.3 is 0 Å². The van der Waals surface area contributed by atoms with Gasteiger partial charge in [0.2, 0.25) is 0 Å². The zero-order valence-electron chi connectivity index (χ0n) is 16.0. The first-order valence-corrected chi connectivity index (χ1v) is 9.02. The van der Waals surface area contributed by atoms with Crippen molar-refractivity contribution in [3.8, 4) is 11.3 Å². The Balaban J connectivity index is 1.97. The summed E-state index contributed by atoms with van der Waals surface area (Å²) in [4.78, 5) is 26.7. The molecule has 0 saturated heterocycles. The smallest absolute Gasteiger partial charge is 0.261 e. The van der Waals surface area contributed by atoms with Crippen LogP contribution in [0.5, 0.6) is 0 Å². The second kappa shape index (κ2) is 7.86. The summed E-state index contributed by atoms with van der Waals surface area (Å²) in [5.41, 5.74) is 3.15. The summed E-state index contributed by atoms with van der Waals surface area (Å²) in [7, 11) is 3.35. The molecule has 2 aromatic carbocycles. The fourth-order valence-corrected chi connectivity index (χ4v) is 3.03. The number of aromatic nitrogens is 1. The molecule has 6 nitrogen and oxygen atoms in total. The average Bonchev–Trinajstić information content (AvgIpc) is 3.04. The van der Waals surface area contributed by atoms with E-state index in [1.807, 2.05) is 13.0 Å². The first-order chi connectivity index (χ1) is 13.3. The molecule has 1 N–H and O–H groups in total. The lowest BCUT2D eigenvalue weighted by atomic mass is 10.0. The largest absolute Gasteiger partial charge is 0.360 e. The molecule has 28 heavy (non-hydrogen) atoms. The van der Waals surface area contributed by atoms with Gasteiger partial charge in [-0.05, 0) is 37.6 Å². The lowest BCUT2D eigenvalue weighted by Gasteiger charge is -2.14. The van der Waals surface area contributed by atoms with Crippen molar-refractivity contribution in [2.45, 2.75) is 13.8 Å². The number of benzene rings is 2. The van der Waals surface area contributed by atoms with Crippen LogP contribution in [-0.4, -0.2) is 36.0 Å². The van der Waals surface area contributed by atoms with Crippen LogP contribution in [0.1, 0.15) is 32.0 Å². The van der Waals surface area contributed by atoms with Crippen molar-refractivity contribution in [1.82, 2.24) is 10.1 Å². The van der Waals surface area contributed by atoms with Crippen molar-refractivity contribution in [1.29, 1.82) is 0 Å². The Morgan fingerprint density at radius 3 is 2.50 bits per heavy atom. The van der Waals surface area contributed by atoms with E-state index in [1.165, 1.54) is 4.90 Å². The summed E-state index contributed by atoms with van der Waals surface area (Å²) < 4.78 is 5.26. The Morgan fingerprint density at radius 2 is 1.82 bits per heavy atom. The van der Waals surface area contributed by atoms with Gasteiger partial charge in [-0.15, -0.1) is 0 Å². The predicted molar refractivity (Wildman–Crippen MR) is 109 cm³/mol. The predicted octanol–water partition coefficient (Wildman–Crippen LogP) is 4.57. The van der Waals surface area contributed by atoms with Gasteiger partial charge in [-0.1, -0.05) is 41.0 Å². The first-order valence-electron chi connectivity index (χ1n) is 8.64. The lowest BCUT2D eigenvalue weighted by Crippen LogP contribution is -2.22. The van der Waals surface area contributed by atoms with Gasteiger partial charge in [0.1, 0.15) is 17.0 Å². The topological polar surface area (TPSA) is 75.4 Å². The number of nitrogens with zero attached hydrogens (tertiary/aromatic N) is 2. The number of halogens is 1. The van der Waals surface area contributed by atoms with Crippen LogP contribution in [0.25, 0.3) is 11.3 Å². The number of anilines is 1. The third-order valence-corrected chi connectivity index (χ3v) is 4.69. The van der Waals surface area contributed by atoms with Crippen LogP contribution < -0.4 is 5.32 Å². The van der Waals surface area contributed by atoms with E-state index >= 15 is 0 Å². The molecule has 3 aromatic rings. The van der Waals surface area contributed by atoms with Crippen LogP contribution in [0.3, 0.4) is 0 Å². The SMILES string of the molecule is Cc1ccc(C(=O)N(C)C)cc1NC(=O)c1c(-c2ccccc2Cl)noc1C. The summed E-state index contributed by atoms with van der Waals surface area (Å²) in [5, 5.41) is 7.36. The van der Waals surface area contributed by atoms with E-state index in [-0.39, 0.29) is 11.8 Å². The summed E-state index contributed by atoms with van der Waals surface area (Å²) in [6, 6.07) is 12.3. The second-order valence-electron chi connectivity index (χ2n) is 6.63. The molecule has 0 spiro atoms. The molecule has 3 rings (SSSR count). The lowest BCUT2D eigenvalue weighted by molar-refractivity contribution is 0.0827. The Bertz CT molecular complexity index is 1060. The fourth-order valence-electron chi connectivity index (χ4n) is 2.81. The van der Waals surface area contributed by atoms with Crippen LogP contribution >= 0.6 is 11.6 Å². The minimum absolute atomic E-state index is 0.145. The zero-order valence-corrected chi connectivity index (χ0v) is 16.8. The molecule has 144 valence electrons. The number of hydrogen-bond acceptors (Lipinski definition) is 4. The molecule has 2 amide bonds. The van der Waals surface area contributed by atoms with Crippen LogP contribution in [0.2, 0.25) is 5.02 Å². The maximum Gasteiger partial charge on any atom is 0.261 e. The van der Waals surface area contributed by atoms with Gasteiger partial charge in [0, 0.05) is 30.9 Å². The second-order valence-corrected chi connectivity index (χ2v) is 7.03. The summed E-state index contributed by atoms with van der Waals surface area (Å²) in [6.07, 6.45) is 0. The highest BCUT2D eigenvalue weighted by atomic mass is 35.5. The first kappa shape index (κ1) is 19.6. The number of nitrogens with one attached hydrogen (secondary N) is 1. The highest BCUT2D eigenvalue weighted by Crippen LogP contribution is 2.31. The van der Waals surface area contributed by atoms with E-state index in [4.69, 9.17) is 16.1 Å². The fraction of sp³-hybridized carbons (Fsp3) is 0.190. The number of aryl methyl sites for hydroxylation is 2. The van der Waals surface area contributed by atoms with E-state index in [1.54, 1.807) is 57.4 Å².